The highest BCUT2D eigenvalue weighted by molar-refractivity contribution is 8.13. The minimum Gasteiger partial charge on any atom is -0.473 e. The van der Waals surface area contributed by atoms with Crippen LogP contribution in [0.2, 0.25) is 0 Å². The summed E-state index contributed by atoms with van der Waals surface area (Å²) in [6.07, 6.45) is 2.16. The first-order valence-electron chi connectivity index (χ1n) is 3.56. The van der Waals surface area contributed by atoms with Gasteiger partial charge in [0.25, 0.3) is 0 Å². The van der Waals surface area contributed by atoms with Crippen LogP contribution in [0, 0.1) is 5.92 Å². The summed E-state index contributed by atoms with van der Waals surface area (Å²) < 4.78 is 0. The van der Waals surface area contributed by atoms with Gasteiger partial charge >= 0.3 is 5.30 Å². The van der Waals surface area contributed by atoms with Crippen molar-refractivity contribution in [3.8, 4) is 0 Å². The van der Waals surface area contributed by atoms with Gasteiger partial charge in [-0.15, -0.1) is 0 Å². The summed E-state index contributed by atoms with van der Waals surface area (Å²) in [6, 6.07) is 0. The summed E-state index contributed by atoms with van der Waals surface area (Å²) >= 11 is 1.01. The Kier molecular flexibility index (Phi) is 5.49. The number of hydrogen-bond acceptors (Lipinski definition) is 2. The molecule has 0 saturated heterocycles. The van der Waals surface area contributed by atoms with E-state index in [1.54, 1.807) is 0 Å². The lowest BCUT2D eigenvalue weighted by Crippen LogP contribution is -2.01. The Morgan fingerprint density at radius 2 is 2.00 bits per heavy atom. The van der Waals surface area contributed by atoms with Crippen LogP contribution < -0.4 is 0 Å². The molecule has 0 aromatic carbocycles. The summed E-state index contributed by atoms with van der Waals surface area (Å²) in [5.41, 5.74) is 0. The quantitative estimate of drug-likeness (QED) is 0.690. The highest BCUT2D eigenvalue weighted by Crippen LogP contribution is 2.15. The maximum absolute atomic E-state index is 10.1. The third kappa shape index (κ3) is 4.68. The average Bonchev–Trinajstić information content (AvgIpc) is 1.90. The molecule has 2 nitrogen and oxygen atoms in total. The van der Waals surface area contributed by atoms with Crippen LogP contribution in [0.15, 0.2) is 0 Å². The van der Waals surface area contributed by atoms with E-state index < -0.39 is 5.30 Å². The fourth-order valence-electron chi connectivity index (χ4n) is 0.714. The molecule has 0 saturated carbocycles. The molecule has 0 atom stereocenters. The van der Waals surface area contributed by atoms with Crippen molar-refractivity contribution in [1.82, 2.24) is 0 Å². The molecule has 0 aliphatic carbocycles. The number of thioether (sulfide) groups is 1. The molecule has 0 aromatic rings. The lowest BCUT2D eigenvalue weighted by Gasteiger charge is -2.08. The molecule has 0 unspecified atom stereocenters. The first-order chi connectivity index (χ1) is 4.70. The van der Waals surface area contributed by atoms with Crippen molar-refractivity contribution in [3.63, 3.8) is 0 Å². The minimum atomic E-state index is -0.757. The molecular weight excluding hydrogens is 148 g/mol. The molecule has 0 spiro atoms. The second-order valence-electron chi connectivity index (χ2n) is 2.26. The van der Waals surface area contributed by atoms with E-state index in [-0.39, 0.29) is 0 Å². The van der Waals surface area contributed by atoms with Gasteiger partial charge in [0.05, 0.1) is 0 Å². The van der Waals surface area contributed by atoms with Crippen molar-refractivity contribution in [3.05, 3.63) is 0 Å². The van der Waals surface area contributed by atoms with E-state index in [1.807, 2.05) is 0 Å². The van der Waals surface area contributed by atoms with E-state index in [0.29, 0.717) is 5.92 Å². The first kappa shape index (κ1) is 9.82. The SMILES string of the molecule is CCC(CC)CSC(=O)O. The van der Waals surface area contributed by atoms with Crippen LogP contribution in [0.5, 0.6) is 0 Å². The van der Waals surface area contributed by atoms with E-state index in [9.17, 15) is 4.79 Å². The summed E-state index contributed by atoms with van der Waals surface area (Å²) in [5, 5.41) is 7.56. The molecule has 0 amide bonds. The summed E-state index contributed by atoms with van der Waals surface area (Å²) in [4.78, 5) is 10.1. The van der Waals surface area contributed by atoms with Crippen molar-refractivity contribution in [2.45, 2.75) is 26.7 Å². The molecule has 0 rings (SSSR count). The van der Waals surface area contributed by atoms with Crippen molar-refractivity contribution in [2.24, 2.45) is 5.92 Å². The van der Waals surface area contributed by atoms with E-state index in [0.717, 1.165) is 30.4 Å². The van der Waals surface area contributed by atoms with Gasteiger partial charge in [0.1, 0.15) is 0 Å². The Bertz CT molecular complexity index is 99.8. The predicted molar refractivity (Wildman–Crippen MR) is 44.6 cm³/mol. The van der Waals surface area contributed by atoms with Gasteiger partial charge < -0.3 is 5.11 Å². The van der Waals surface area contributed by atoms with E-state index in [4.69, 9.17) is 5.11 Å². The Balaban J connectivity index is 3.34. The molecule has 10 heavy (non-hydrogen) atoms. The van der Waals surface area contributed by atoms with Crippen LogP contribution in [0.3, 0.4) is 0 Å². The molecule has 0 fully saturated rings. The molecule has 3 heteroatoms. The molecular formula is C7H14O2S. The molecule has 0 aliphatic rings. The monoisotopic (exact) mass is 162 g/mol. The van der Waals surface area contributed by atoms with Crippen molar-refractivity contribution < 1.29 is 9.90 Å². The standard InChI is InChI=1S/C7H14O2S/c1-3-6(4-2)5-10-7(8)9/h6H,3-5H2,1-2H3,(H,8,9). The van der Waals surface area contributed by atoms with Gasteiger partial charge in [0.15, 0.2) is 0 Å². The van der Waals surface area contributed by atoms with Crippen molar-refractivity contribution in [2.75, 3.05) is 5.75 Å². The van der Waals surface area contributed by atoms with Crippen LogP contribution in [0.25, 0.3) is 0 Å². The number of carbonyl (C=O) groups is 1. The van der Waals surface area contributed by atoms with E-state index >= 15 is 0 Å². The molecule has 0 radical (unpaired) electrons. The third-order valence-corrected chi connectivity index (χ3v) is 2.48. The first-order valence-corrected chi connectivity index (χ1v) is 4.55. The fourth-order valence-corrected chi connectivity index (χ4v) is 1.56. The van der Waals surface area contributed by atoms with Gasteiger partial charge in [-0.05, 0) is 17.7 Å². The van der Waals surface area contributed by atoms with Gasteiger partial charge in [-0.2, -0.15) is 0 Å². The fraction of sp³-hybridized carbons (Fsp3) is 0.857. The number of carboxylic acid groups (broad SMARTS) is 1. The lowest BCUT2D eigenvalue weighted by molar-refractivity contribution is 0.222. The smallest absolute Gasteiger partial charge is 0.364 e. The average molecular weight is 162 g/mol. The summed E-state index contributed by atoms with van der Waals surface area (Å²) in [7, 11) is 0. The summed E-state index contributed by atoms with van der Waals surface area (Å²) in [5.74, 6) is 1.32. The van der Waals surface area contributed by atoms with Crippen molar-refractivity contribution in [1.29, 1.82) is 0 Å². The normalized spacial score (nSPS) is 10.3. The highest BCUT2D eigenvalue weighted by atomic mass is 32.2. The van der Waals surface area contributed by atoms with Gasteiger partial charge in [-0.25, -0.2) is 4.79 Å². The summed E-state index contributed by atoms with van der Waals surface area (Å²) in [6.45, 7) is 4.19. The van der Waals surface area contributed by atoms with Gasteiger partial charge in [-0.1, -0.05) is 26.7 Å². The number of rotatable bonds is 4. The maximum Gasteiger partial charge on any atom is 0.364 e. The highest BCUT2D eigenvalue weighted by Gasteiger charge is 2.05. The molecule has 0 aliphatic heterocycles. The lowest BCUT2D eigenvalue weighted by atomic mass is 10.1. The Labute approximate surface area is 66.0 Å². The Hall–Kier alpha value is -0.180. The van der Waals surface area contributed by atoms with E-state index in [1.165, 1.54) is 0 Å². The zero-order valence-electron chi connectivity index (χ0n) is 6.46. The second-order valence-corrected chi connectivity index (χ2v) is 3.23. The van der Waals surface area contributed by atoms with Gasteiger partial charge in [0.2, 0.25) is 0 Å². The van der Waals surface area contributed by atoms with Crippen LogP contribution in [-0.4, -0.2) is 16.2 Å². The Morgan fingerprint density at radius 1 is 1.50 bits per heavy atom. The molecule has 0 aromatic heterocycles. The Morgan fingerprint density at radius 3 is 2.30 bits per heavy atom. The third-order valence-electron chi connectivity index (χ3n) is 1.60. The van der Waals surface area contributed by atoms with Crippen LogP contribution in [-0.2, 0) is 0 Å². The van der Waals surface area contributed by atoms with Crippen molar-refractivity contribution >= 4 is 17.1 Å². The van der Waals surface area contributed by atoms with E-state index in [2.05, 4.69) is 13.8 Å². The molecule has 0 bridgehead atoms. The topological polar surface area (TPSA) is 37.3 Å². The van der Waals surface area contributed by atoms with Crippen LogP contribution in [0.4, 0.5) is 4.79 Å². The van der Waals surface area contributed by atoms with Crippen LogP contribution in [0.1, 0.15) is 26.7 Å². The second kappa shape index (κ2) is 5.59. The molecule has 0 heterocycles. The zero-order chi connectivity index (χ0) is 7.98. The maximum atomic E-state index is 10.1. The predicted octanol–water partition coefficient (Wildman–Crippen LogP) is 2.83. The van der Waals surface area contributed by atoms with Gasteiger partial charge in [-0.3, -0.25) is 0 Å². The minimum absolute atomic E-state index is 0.570. The zero-order valence-corrected chi connectivity index (χ0v) is 7.28. The number of hydrogen-bond donors (Lipinski definition) is 1. The van der Waals surface area contributed by atoms with Crippen LogP contribution >= 0.6 is 11.8 Å². The largest absolute Gasteiger partial charge is 0.473 e. The molecule has 60 valence electrons. The molecule has 1 N–H and O–H groups in total. The van der Waals surface area contributed by atoms with Gasteiger partial charge in [0, 0.05) is 5.75 Å².